The van der Waals surface area contributed by atoms with Gasteiger partial charge in [0.1, 0.15) is 5.75 Å². The highest BCUT2D eigenvalue weighted by Gasteiger charge is 2.22. The number of ether oxygens (including phenoxy) is 1. The van der Waals surface area contributed by atoms with Crippen molar-refractivity contribution in [1.82, 2.24) is 0 Å². The van der Waals surface area contributed by atoms with E-state index in [-0.39, 0.29) is 5.91 Å². The quantitative estimate of drug-likeness (QED) is 0.820. The first-order chi connectivity index (χ1) is 13.0. The molecule has 1 amide bonds. The molecule has 0 aromatic heterocycles. The van der Waals surface area contributed by atoms with Crippen LogP contribution in [0.1, 0.15) is 17.5 Å². The van der Waals surface area contributed by atoms with E-state index in [1.54, 1.807) is 7.11 Å². The zero-order valence-electron chi connectivity index (χ0n) is 16.5. The van der Waals surface area contributed by atoms with Crippen LogP contribution in [0, 0.1) is 13.8 Å². The second kappa shape index (κ2) is 8.91. The summed E-state index contributed by atoms with van der Waals surface area (Å²) in [7, 11) is 1.72. The van der Waals surface area contributed by atoms with Crippen molar-refractivity contribution in [3.63, 3.8) is 0 Å². The predicted octanol–water partition coefficient (Wildman–Crippen LogP) is 2.05. The second-order valence-corrected chi connectivity index (χ2v) is 7.33. The number of anilines is 2. The molecule has 27 heavy (non-hydrogen) atoms. The number of aryl methyl sites for hydroxylation is 2. The van der Waals surface area contributed by atoms with Crippen molar-refractivity contribution in [3.05, 3.63) is 53.6 Å². The minimum atomic E-state index is 0.0969. The molecular weight excluding hydrogens is 338 g/mol. The van der Waals surface area contributed by atoms with E-state index < -0.39 is 0 Å². The van der Waals surface area contributed by atoms with Gasteiger partial charge in [0.25, 0.3) is 0 Å². The SMILES string of the molecule is COc1ccccc1N1CC[NH+](CCC(=O)Nc2cc(C)cc(C)c2)CC1. The van der Waals surface area contributed by atoms with Crippen LogP contribution < -0.4 is 19.9 Å². The number of nitrogens with zero attached hydrogens (tertiary/aromatic N) is 1. The van der Waals surface area contributed by atoms with Gasteiger partial charge in [-0.1, -0.05) is 18.2 Å². The summed E-state index contributed by atoms with van der Waals surface area (Å²) in [6.45, 7) is 9.00. The van der Waals surface area contributed by atoms with Gasteiger partial charge in [-0.05, 0) is 49.2 Å². The van der Waals surface area contributed by atoms with E-state index in [4.69, 9.17) is 4.74 Å². The summed E-state index contributed by atoms with van der Waals surface area (Å²) in [5.41, 5.74) is 4.40. The van der Waals surface area contributed by atoms with Crippen LogP contribution in [0.3, 0.4) is 0 Å². The molecule has 0 saturated carbocycles. The smallest absolute Gasteiger partial charge is 0.230 e. The number of amides is 1. The van der Waals surface area contributed by atoms with E-state index in [9.17, 15) is 4.79 Å². The molecule has 2 aromatic carbocycles. The number of carbonyl (C=O) groups is 1. The first-order valence-electron chi connectivity index (χ1n) is 9.65. The topological polar surface area (TPSA) is 46.0 Å². The fourth-order valence-corrected chi connectivity index (χ4v) is 3.77. The number of para-hydroxylation sites is 2. The number of quaternary nitrogens is 1. The predicted molar refractivity (Wildman–Crippen MR) is 110 cm³/mol. The van der Waals surface area contributed by atoms with E-state index >= 15 is 0 Å². The Morgan fingerprint density at radius 3 is 2.44 bits per heavy atom. The molecule has 1 aliphatic rings. The molecule has 0 bridgehead atoms. The van der Waals surface area contributed by atoms with Crippen molar-refractivity contribution in [1.29, 1.82) is 0 Å². The summed E-state index contributed by atoms with van der Waals surface area (Å²) in [4.78, 5) is 16.2. The van der Waals surface area contributed by atoms with Crippen LogP contribution in [-0.4, -0.2) is 45.7 Å². The average Bonchev–Trinajstić information content (AvgIpc) is 2.66. The van der Waals surface area contributed by atoms with E-state index in [1.807, 2.05) is 38.1 Å². The van der Waals surface area contributed by atoms with Gasteiger partial charge < -0.3 is 19.9 Å². The Kier molecular flexibility index (Phi) is 6.35. The maximum Gasteiger partial charge on any atom is 0.230 e. The molecule has 0 aliphatic carbocycles. The molecule has 1 heterocycles. The lowest BCUT2D eigenvalue weighted by molar-refractivity contribution is -0.900. The standard InChI is InChI=1S/C22H29N3O2/c1-17-14-18(2)16-19(15-17)23-22(26)8-9-24-10-12-25(13-11-24)20-6-4-5-7-21(20)27-3/h4-7,14-16H,8-13H2,1-3H3,(H,23,26)/p+1. The summed E-state index contributed by atoms with van der Waals surface area (Å²) in [5.74, 6) is 1.02. The van der Waals surface area contributed by atoms with Crippen LogP contribution in [0.25, 0.3) is 0 Å². The van der Waals surface area contributed by atoms with Gasteiger partial charge >= 0.3 is 0 Å². The van der Waals surface area contributed by atoms with Crippen LogP contribution in [0.15, 0.2) is 42.5 Å². The maximum atomic E-state index is 12.3. The normalized spacial score (nSPS) is 14.9. The Balaban J connectivity index is 1.46. The molecule has 2 aromatic rings. The third kappa shape index (κ3) is 5.23. The molecule has 1 saturated heterocycles. The Morgan fingerprint density at radius 2 is 1.78 bits per heavy atom. The lowest BCUT2D eigenvalue weighted by Gasteiger charge is -2.34. The monoisotopic (exact) mass is 368 g/mol. The Bertz CT molecular complexity index is 763. The number of rotatable bonds is 6. The highest BCUT2D eigenvalue weighted by molar-refractivity contribution is 5.90. The van der Waals surface area contributed by atoms with Crippen LogP contribution in [0.5, 0.6) is 5.75 Å². The highest BCUT2D eigenvalue weighted by atomic mass is 16.5. The van der Waals surface area contributed by atoms with Crippen molar-refractivity contribution < 1.29 is 14.4 Å². The molecule has 1 aliphatic heterocycles. The van der Waals surface area contributed by atoms with Crippen molar-refractivity contribution >= 4 is 17.3 Å². The Morgan fingerprint density at radius 1 is 1.11 bits per heavy atom. The largest absolute Gasteiger partial charge is 0.495 e. The molecule has 144 valence electrons. The number of hydrogen-bond acceptors (Lipinski definition) is 3. The minimum Gasteiger partial charge on any atom is -0.495 e. The van der Waals surface area contributed by atoms with Crippen LogP contribution in [0.4, 0.5) is 11.4 Å². The molecule has 0 atom stereocenters. The van der Waals surface area contributed by atoms with E-state index in [2.05, 4.69) is 28.4 Å². The van der Waals surface area contributed by atoms with Gasteiger partial charge in [0.15, 0.2) is 0 Å². The number of nitrogens with one attached hydrogen (secondary N) is 2. The van der Waals surface area contributed by atoms with Gasteiger partial charge in [-0.25, -0.2) is 0 Å². The van der Waals surface area contributed by atoms with Gasteiger partial charge in [-0.2, -0.15) is 0 Å². The van der Waals surface area contributed by atoms with Crippen LogP contribution in [0.2, 0.25) is 0 Å². The first kappa shape index (κ1) is 19.2. The van der Waals surface area contributed by atoms with Crippen molar-refractivity contribution in [2.45, 2.75) is 20.3 Å². The molecular formula is C22H30N3O2+. The number of carbonyl (C=O) groups excluding carboxylic acids is 1. The number of piperazine rings is 1. The molecule has 0 unspecified atom stereocenters. The van der Waals surface area contributed by atoms with Gasteiger partial charge in [0.05, 0.1) is 51.9 Å². The molecule has 2 N–H and O–H groups in total. The zero-order valence-corrected chi connectivity index (χ0v) is 16.5. The van der Waals surface area contributed by atoms with Crippen molar-refractivity contribution in [2.75, 3.05) is 50.1 Å². The van der Waals surface area contributed by atoms with Crippen molar-refractivity contribution in [2.24, 2.45) is 0 Å². The number of methoxy groups -OCH3 is 1. The molecule has 1 fully saturated rings. The zero-order chi connectivity index (χ0) is 19.2. The Labute approximate surface area is 161 Å². The van der Waals surface area contributed by atoms with Gasteiger partial charge in [-0.15, -0.1) is 0 Å². The average molecular weight is 369 g/mol. The second-order valence-electron chi connectivity index (χ2n) is 7.33. The summed E-state index contributed by atoms with van der Waals surface area (Å²) >= 11 is 0. The summed E-state index contributed by atoms with van der Waals surface area (Å²) in [5, 5.41) is 3.03. The van der Waals surface area contributed by atoms with Gasteiger partial charge in [-0.3, -0.25) is 4.79 Å². The summed E-state index contributed by atoms with van der Waals surface area (Å²) in [6, 6.07) is 14.3. The van der Waals surface area contributed by atoms with Crippen LogP contribution >= 0.6 is 0 Å². The van der Waals surface area contributed by atoms with Gasteiger partial charge in [0, 0.05) is 5.69 Å². The third-order valence-electron chi connectivity index (χ3n) is 5.11. The van der Waals surface area contributed by atoms with Crippen LogP contribution in [-0.2, 0) is 4.79 Å². The summed E-state index contributed by atoms with van der Waals surface area (Å²) in [6.07, 6.45) is 0.553. The molecule has 5 nitrogen and oxygen atoms in total. The maximum absolute atomic E-state index is 12.3. The van der Waals surface area contributed by atoms with E-state index in [0.717, 1.165) is 49.8 Å². The number of benzene rings is 2. The fourth-order valence-electron chi connectivity index (χ4n) is 3.77. The van der Waals surface area contributed by atoms with Crippen molar-refractivity contribution in [3.8, 4) is 5.75 Å². The lowest BCUT2D eigenvalue weighted by Crippen LogP contribution is -3.15. The highest BCUT2D eigenvalue weighted by Crippen LogP contribution is 2.27. The fraction of sp³-hybridized carbons (Fsp3) is 0.409. The Hall–Kier alpha value is -2.53. The minimum absolute atomic E-state index is 0.0969. The van der Waals surface area contributed by atoms with E-state index in [1.165, 1.54) is 16.0 Å². The summed E-state index contributed by atoms with van der Waals surface area (Å²) < 4.78 is 5.48. The molecule has 5 heteroatoms. The van der Waals surface area contributed by atoms with Gasteiger partial charge in [0.2, 0.25) is 5.91 Å². The molecule has 0 spiro atoms. The lowest BCUT2D eigenvalue weighted by atomic mass is 10.1. The first-order valence-corrected chi connectivity index (χ1v) is 9.65. The number of hydrogen-bond donors (Lipinski definition) is 2. The molecule has 3 rings (SSSR count). The molecule has 0 radical (unpaired) electrons. The van der Waals surface area contributed by atoms with E-state index in [0.29, 0.717) is 6.42 Å². The third-order valence-corrected chi connectivity index (χ3v) is 5.11.